The number of aromatic amines is 1. The van der Waals surface area contributed by atoms with Crippen molar-refractivity contribution in [3.05, 3.63) is 87.5 Å². The zero-order chi connectivity index (χ0) is 18.6. The minimum absolute atomic E-state index is 0.0378. The molecule has 27 heavy (non-hydrogen) atoms. The lowest BCUT2D eigenvalue weighted by Gasteiger charge is -2.03. The van der Waals surface area contributed by atoms with E-state index in [-0.39, 0.29) is 5.91 Å². The van der Waals surface area contributed by atoms with Gasteiger partial charge in [0, 0.05) is 30.1 Å². The van der Waals surface area contributed by atoms with Crippen LogP contribution in [0.2, 0.25) is 0 Å². The highest BCUT2D eigenvalue weighted by atomic mass is 32.1. The third-order valence-corrected chi connectivity index (χ3v) is 5.76. The second-order valence-corrected chi connectivity index (χ2v) is 7.63. The summed E-state index contributed by atoms with van der Waals surface area (Å²) >= 11 is 1.48. The molecule has 0 saturated heterocycles. The Morgan fingerprint density at radius 2 is 1.89 bits per heavy atom. The number of rotatable bonds is 6. The Balaban J connectivity index is 1.38. The number of aryl methyl sites for hydroxylation is 1. The summed E-state index contributed by atoms with van der Waals surface area (Å²) in [4.78, 5) is 21.1. The summed E-state index contributed by atoms with van der Waals surface area (Å²) in [6.07, 6.45) is 3.58. The highest BCUT2D eigenvalue weighted by molar-refractivity contribution is 7.13. The van der Waals surface area contributed by atoms with Gasteiger partial charge < -0.3 is 10.3 Å². The molecule has 0 aliphatic heterocycles. The number of nitrogens with zero attached hydrogens (tertiary/aromatic N) is 1. The molecular weight excluding hydrogens is 354 g/mol. The average molecular weight is 375 g/mol. The summed E-state index contributed by atoms with van der Waals surface area (Å²) in [7, 11) is 0. The lowest BCUT2D eigenvalue weighted by molar-refractivity contribution is 0.0957. The van der Waals surface area contributed by atoms with Crippen molar-refractivity contribution in [1.29, 1.82) is 0 Å². The van der Waals surface area contributed by atoms with Crippen LogP contribution in [0.25, 0.3) is 10.9 Å². The van der Waals surface area contributed by atoms with Crippen LogP contribution in [-0.4, -0.2) is 22.4 Å². The smallest absolute Gasteiger partial charge is 0.263 e. The highest BCUT2D eigenvalue weighted by Gasteiger charge is 2.15. The molecule has 0 bridgehead atoms. The molecule has 1 amide bonds. The summed E-state index contributed by atoms with van der Waals surface area (Å²) in [5.74, 6) is -0.0378. The summed E-state index contributed by atoms with van der Waals surface area (Å²) < 4.78 is 0. The van der Waals surface area contributed by atoms with E-state index in [2.05, 4.69) is 39.6 Å². The molecule has 2 aromatic heterocycles. The Hall–Kier alpha value is -2.92. The maximum atomic E-state index is 12.6. The van der Waals surface area contributed by atoms with Crippen LogP contribution < -0.4 is 5.32 Å². The molecular formula is C22H21N3OS. The zero-order valence-electron chi connectivity index (χ0n) is 15.2. The summed E-state index contributed by atoms with van der Waals surface area (Å²) in [6, 6.07) is 18.4. The van der Waals surface area contributed by atoms with Gasteiger partial charge in [-0.1, -0.05) is 48.5 Å². The fourth-order valence-corrected chi connectivity index (χ4v) is 4.25. The first-order valence-electron chi connectivity index (χ1n) is 9.04. The molecule has 2 aromatic carbocycles. The van der Waals surface area contributed by atoms with Crippen molar-refractivity contribution in [2.24, 2.45) is 0 Å². The van der Waals surface area contributed by atoms with Gasteiger partial charge in [-0.15, -0.1) is 11.3 Å². The first-order valence-corrected chi connectivity index (χ1v) is 9.86. The Kier molecular flexibility index (Phi) is 5.03. The predicted octanol–water partition coefficient (Wildman–Crippen LogP) is 4.50. The number of aromatic nitrogens is 2. The van der Waals surface area contributed by atoms with Crippen LogP contribution in [0.15, 0.2) is 60.8 Å². The molecule has 0 aliphatic carbocycles. The van der Waals surface area contributed by atoms with Crippen molar-refractivity contribution in [2.75, 3.05) is 6.54 Å². The van der Waals surface area contributed by atoms with E-state index in [1.165, 1.54) is 27.8 Å². The Morgan fingerprint density at radius 3 is 2.74 bits per heavy atom. The van der Waals surface area contributed by atoms with Crippen molar-refractivity contribution in [3.8, 4) is 0 Å². The van der Waals surface area contributed by atoms with Gasteiger partial charge >= 0.3 is 0 Å². The SMILES string of the molecule is Cc1nc(Cc2ccccc2)sc1C(=O)NCCc1c[nH]c2ccccc12. The zero-order valence-corrected chi connectivity index (χ0v) is 16.0. The number of hydrogen-bond donors (Lipinski definition) is 2. The van der Waals surface area contributed by atoms with Crippen molar-refractivity contribution in [1.82, 2.24) is 15.3 Å². The molecule has 5 heteroatoms. The Bertz CT molecular complexity index is 1070. The van der Waals surface area contributed by atoms with Crippen LogP contribution in [0.5, 0.6) is 0 Å². The number of benzene rings is 2. The minimum atomic E-state index is -0.0378. The number of amides is 1. The molecule has 0 radical (unpaired) electrons. The quantitative estimate of drug-likeness (QED) is 0.521. The third-order valence-electron chi connectivity index (χ3n) is 4.60. The second kappa shape index (κ2) is 7.76. The van der Waals surface area contributed by atoms with E-state index in [4.69, 9.17) is 0 Å². The molecule has 4 nitrogen and oxygen atoms in total. The lowest BCUT2D eigenvalue weighted by atomic mass is 10.1. The third kappa shape index (κ3) is 3.93. The van der Waals surface area contributed by atoms with Crippen molar-refractivity contribution in [2.45, 2.75) is 19.8 Å². The molecule has 0 aliphatic rings. The number of H-pyrrole nitrogens is 1. The first kappa shape index (κ1) is 17.5. The molecule has 2 N–H and O–H groups in total. The molecule has 0 fully saturated rings. The molecule has 136 valence electrons. The average Bonchev–Trinajstić information content (AvgIpc) is 3.26. The Morgan fingerprint density at radius 1 is 1.11 bits per heavy atom. The number of fused-ring (bicyclic) bond motifs is 1. The van der Waals surface area contributed by atoms with Gasteiger partial charge in [-0.05, 0) is 30.5 Å². The second-order valence-electron chi connectivity index (χ2n) is 6.55. The molecule has 0 atom stereocenters. The maximum Gasteiger partial charge on any atom is 0.263 e. The van der Waals surface area contributed by atoms with Crippen molar-refractivity contribution >= 4 is 28.1 Å². The summed E-state index contributed by atoms with van der Waals surface area (Å²) in [6.45, 7) is 2.51. The van der Waals surface area contributed by atoms with E-state index in [1.807, 2.05) is 43.5 Å². The van der Waals surface area contributed by atoms with Gasteiger partial charge in [0.2, 0.25) is 0 Å². The fraction of sp³-hybridized carbons (Fsp3) is 0.182. The van der Waals surface area contributed by atoms with Gasteiger partial charge in [0.15, 0.2) is 0 Å². The van der Waals surface area contributed by atoms with Gasteiger partial charge in [0.25, 0.3) is 5.91 Å². The fourth-order valence-electron chi connectivity index (χ4n) is 3.24. The number of para-hydroxylation sites is 1. The molecule has 4 rings (SSSR count). The van der Waals surface area contributed by atoms with E-state index in [1.54, 1.807) is 0 Å². The standard InChI is InChI=1S/C22H21N3OS/c1-15-21(27-20(25-15)13-16-7-3-2-4-8-16)22(26)23-12-11-17-14-24-19-10-6-5-9-18(17)19/h2-10,14,24H,11-13H2,1H3,(H,23,26). The largest absolute Gasteiger partial charge is 0.361 e. The monoisotopic (exact) mass is 375 g/mol. The minimum Gasteiger partial charge on any atom is -0.361 e. The summed E-state index contributed by atoms with van der Waals surface area (Å²) in [5, 5.41) is 5.22. The van der Waals surface area contributed by atoms with Gasteiger partial charge in [-0.2, -0.15) is 0 Å². The van der Waals surface area contributed by atoms with E-state index < -0.39 is 0 Å². The van der Waals surface area contributed by atoms with Crippen molar-refractivity contribution < 1.29 is 4.79 Å². The number of nitrogens with one attached hydrogen (secondary N) is 2. The molecule has 0 spiro atoms. The van der Waals surface area contributed by atoms with Gasteiger partial charge in [-0.3, -0.25) is 4.79 Å². The van der Waals surface area contributed by atoms with Crippen molar-refractivity contribution in [3.63, 3.8) is 0 Å². The van der Waals surface area contributed by atoms with Crippen LogP contribution in [0, 0.1) is 6.92 Å². The number of thiazole rings is 1. The first-order chi connectivity index (χ1) is 13.2. The normalized spacial score (nSPS) is 11.0. The molecule has 2 heterocycles. The van der Waals surface area contributed by atoms with Crippen LogP contribution in [-0.2, 0) is 12.8 Å². The van der Waals surface area contributed by atoms with Crippen LogP contribution in [0.1, 0.15) is 31.5 Å². The van der Waals surface area contributed by atoms with Gasteiger partial charge in [0.1, 0.15) is 4.88 Å². The molecule has 4 aromatic rings. The van der Waals surface area contributed by atoms with E-state index in [0.717, 1.165) is 29.1 Å². The topological polar surface area (TPSA) is 57.8 Å². The lowest BCUT2D eigenvalue weighted by Crippen LogP contribution is -2.25. The van der Waals surface area contributed by atoms with Gasteiger partial charge in [0.05, 0.1) is 10.7 Å². The number of hydrogen-bond acceptors (Lipinski definition) is 3. The highest BCUT2D eigenvalue weighted by Crippen LogP contribution is 2.21. The summed E-state index contributed by atoms with van der Waals surface area (Å²) in [5.41, 5.74) is 4.35. The van der Waals surface area contributed by atoms with Crippen LogP contribution >= 0.6 is 11.3 Å². The van der Waals surface area contributed by atoms with E-state index >= 15 is 0 Å². The van der Waals surface area contributed by atoms with Gasteiger partial charge in [-0.25, -0.2) is 4.98 Å². The number of carbonyl (C=O) groups is 1. The van der Waals surface area contributed by atoms with E-state index in [9.17, 15) is 4.79 Å². The Labute approximate surface area is 162 Å². The predicted molar refractivity (Wildman–Crippen MR) is 110 cm³/mol. The maximum absolute atomic E-state index is 12.6. The van der Waals surface area contributed by atoms with E-state index in [0.29, 0.717) is 11.4 Å². The van der Waals surface area contributed by atoms with Crippen LogP contribution in [0.4, 0.5) is 0 Å². The molecule has 0 unspecified atom stereocenters. The van der Waals surface area contributed by atoms with Crippen LogP contribution in [0.3, 0.4) is 0 Å². The number of carbonyl (C=O) groups excluding carboxylic acids is 1. The molecule has 0 saturated carbocycles.